The number of rotatable bonds is 5. The minimum atomic E-state index is -0.237. The third-order valence-electron chi connectivity index (χ3n) is 7.95. The third kappa shape index (κ3) is 4.62. The molecule has 6 nitrogen and oxygen atoms in total. The zero-order valence-electron chi connectivity index (χ0n) is 19.9. The van der Waals surface area contributed by atoms with Crippen LogP contribution < -0.4 is 4.90 Å². The monoisotopic (exact) mass is 458 g/mol. The van der Waals surface area contributed by atoms with E-state index in [-0.39, 0.29) is 41.2 Å². The summed E-state index contributed by atoms with van der Waals surface area (Å²) in [4.78, 5) is 16.9. The zero-order chi connectivity index (χ0) is 23.2. The highest BCUT2D eigenvalue weighted by Crippen LogP contribution is 2.59. The number of epoxide rings is 2. The molecule has 0 unspecified atom stereocenters. The summed E-state index contributed by atoms with van der Waals surface area (Å²) in [6.45, 7) is 9.84. The van der Waals surface area contributed by atoms with Crippen LogP contribution in [0, 0.1) is 11.7 Å². The lowest BCUT2D eigenvalue weighted by molar-refractivity contribution is -0.00991. The van der Waals surface area contributed by atoms with Crippen molar-refractivity contribution in [2.45, 2.75) is 69.9 Å². The lowest BCUT2D eigenvalue weighted by atomic mass is 9.70. The number of piperazine rings is 1. The average molecular weight is 459 g/mol. The second kappa shape index (κ2) is 8.58. The van der Waals surface area contributed by atoms with E-state index in [1.54, 1.807) is 17.0 Å². The summed E-state index contributed by atoms with van der Waals surface area (Å²) in [5.41, 5.74) is 2.00. The van der Waals surface area contributed by atoms with Crippen molar-refractivity contribution in [2.75, 3.05) is 37.7 Å². The van der Waals surface area contributed by atoms with Gasteiger partial charge in [-0.1, -0.05) is 11.6 Å². The van der Waals surface area contributed by atoms with Crippen molar-refractivity contribution in [2.24, 2.45) is 5.92 Å². The summed E-state index contributed by atoms with van der Waals surface area (Å²) in [5.74, 6) is 0.0151. The molecule has 5 rings (SSSR count). The molecule has 4 aliphatic rings. The average Bonchev–Trinajstić information content (AvgIpc) is 3.72. The second-order valence-electron chi connectivity index (χ2n) is 10.4. The van der Waals surface area contributed by atoms with Crippen molar-refractivity contribution in [3.63, 3.8) is 0 Å². The lowest BCUT2D eigenvalue weighted by Gasteiger charge is -2.39. The molecule has 5 atom stereocenters. The Morgan fingerprint density at radius 3 is 2.55 bits per heavy atom. The van der Waals surface area contributed by atoms with E-state index in [1.807, 2.05) is 0 Å². The Hall–Kier alpha value is -2.12. The van der Waals surface area contributed by atoms with Gasteiger partial charge in [-0.05, 0) is 70.7 Å². The van der Waals surface area contributed by atoms with E-state index >= 15 is 0 Å². The summed E-state index contributed by atoms with van der Waals surface area (Å²) >= 11 is 0. The Morgan fingerprint density at radius 1 is 1.21 bits per heavy atom. The smallest absolute Gasteiger partial charge is 0.410 e. The van der Waals surface area contributed by atoms with Crippen LogP contribution in [0.5, 0.6) is 0 Å². The topological polar surface area (TPSA) is 57.8 Å². The number of hydrogen-bond acceptors (Lipinski definition) is 5. The summed E-state index contributed by atoms with van der Waals surface area (Å²) < 4.78 is 31.3. The number of halogens is 1. The fourth-order valence-corrected chi connectivity index (χ4v) is 5.70. The van der Waals surface area contributed by atoms with E-state index < -0.39 is 0 Å². The van der Waals surface area contributed by atoms with Gasteiger partial charge >= 0.3 is 6.09 Å². The maximum absolute atomic E-state index is 13.2. The van der Waals surface area contributed by atoms with Gasteiger partial charge in [-0.3, -0.25) is 0 Å². The molecule has 0 radical (unpaired) electrons. The molecule has 33 heavy (non-hydrogen) atoms. The molecule has 1 aromatic rings. The number of anilines is 1. The van der Waals surface area contributed by atoms with Crippen molar-refractivity contribution in [1.82, 2.24) is 4.90 Å². The highest BCUT2D eigenvalue weighted by atomic mass is 19.1. The molecule has 1 saturated carbocycles. The van der Waals surface area contributed by atoms with E-state index in [2.05, 4.69) is 31.7 Å². The Bertz CT molecular complexity index is 903. The molecule has 1 aromatic carbocycles. The van der Waals surface area contributed by atoms with Crippen LogP contribution >= 0.6 is 0 Å². The summed E-state index contributed by atoms with van der Waals surface area (Å²) in [5, 5.41) is 0. The van der Waals surface area contributed by atoms with Gasteiger partial charge in [0, 0.05) is 37.8 Å². The highest BCUT2D eigenvalue weighted by Gasteiger charge is 2.68. The first-order valence-corrected chi connectivity index (χ1v) is 12.2. The Labute approximate surface area is 195 Å². The molecule has 180 valence electrons. The largest absolute Gasteiger partial charge is 0.446 e. The van der Waals surface area contributed by atoms with Gasteiger partial charge in [0.2, 0.25) is 0 Å². The Morgan fingerprint density at radius 2 is 1.91 bits per heavy atom. The van der Waals surface area contributed by atoms with E-state index in [0.29, 0.717) is 26.2 Å². The van der Waals surface area contributed by atoms with Crippen LogP contribution in [0.25, 0.3) is 0 Å². The molecule has 4 fully saturated rings. The van der Waals surface area contributed by atoms with E-state index in [4.69, 9.17) is 14.2 Å². The van der Waals surface area contributed by atoms with Gasteiger partial charge in [-0.25, -0.2) is 9.18 Å². The predicted molar refractivity (Wildman–Crippen MR) is 124 cm³/mol. The predicted octanol–water partition coefficient (Wildman–Crippen LogP) is 4.54. The lowest BCUT2D eigenvalue weighted by Crippen LogP contribution is -2.50. The molecule has 1 spiro atoms. The van der Waals surface area contributed by atoms with E-state index in [1.165, 1.54) is 17.7 Å². The van der Waals surface area contributed by atoms with Crippen LogP contribution in [-0.2, 0) is 14.2 Å². The fourth-order valence-electron chi connectivity index (χ4n) is 5.70. The minimum absolute atomic E-state index is 0.0852. The summed E-state index contributed by atoms with van der Waals surface area (Å²) in [7, 11) is 0. The van der Waals surface area contributed by atoms with Gasteiger partial charge < -0.3 is 24.0 Å². The highest BCUT2D eigenvalue weighted by molar-refractivity contribution is 5.68. The summed E-state index contributed by atoms with van der Waals surface area (Å²) in [6, 6.07) is 6.51. The zero-order valence-corrected chi connectivity index (χ0v) is 19.9. The molecule has 0 N–H and O–H groups in total. The molecule has 7 heteroatoms. The first-order chi connectivity index (χ1) is 15.8. The van der Waals surface area contributed by atoms with Crippen molar-refractivity contribution < 1.29 is 23.4 Å². The number of allylic oxidation sites excluding steroid dienone is 1. The first-order valence-electron chi connectivity index (χ1n) is 12.2. The fraction of sp³-hybridized carbons (Fsp3) is 0.654. The van der Waals surface area contributed by atoms with E-state index in [9.17, 15) is 9.18 Å². The van der Waals surface area contributed by atoms with Gasteiger partial charge in [-0.15, -0.1) is 0 Å². The maximum Gasteiger partial charge on any atom is 0.410 e. The normalized spacial score (nSPS) is 35.3. The first kappa shape index (κ1) is 22.7. The Kier molecular flexibility index (Phi) is 5.90. The second-order valence-corrected chi connectivity index (χ2v) is 10.4. The standard InChI is InChI=1S/C26H35FN2O4/c1-18(2)4-9-23-25(3,33-23)22-16-21(10-11-26(22)17-31-26)32-24(30)29-14-12-28(13-15-29)20-7-5-19(27)6-8-20/h4-8,21-23H,9-17H2,1-3H3/t21-,22-,23-,25-,26+/m1/s1. The third-order valence-corrected chi connectivity index (χ3v) is 7.95. The van der Waals surface area contributed by atoms with Gasteiger partial charge in [0.1, 0.15) is 11.9 Å². The van der Waals surface area contributed by atoms with Crippen molar-refractivity contribution in [3.8, 4) is 0 Å². The number of ether oxygens (including phenoxy) is 3. The van der Waals surface area contributed by atoms with Crippen LogP contribution in [-0.4, -0.2) is 67.2 Å². The van der Waals surface area contributed by atoms with Crippen molar-refractivity contribution in [3.05, 3.63) is 41.7 Å². The summed E-state index contributed by atoms with van der Waals surface area (Å²) in [6.07, 6.45) is 5.60. The van der Waals surface area contributed by atoms with Crippen LogP contribution in [0.4, 0.5) is 14.9 Å². The molecule has 3 saturated heterocycles. The molecule has 1 aliphatic carbocycles. The number of carbonyl (C=O) groups excluding carboxylic acids is 1. The number of benzene rings is 1. The molecular formula is C26H35FN2O4. The quantitative estimate of drug-likeness (QED) is 0.479. The van der Waals surface area contributed by atoms with E-state index in [0.717, 1.165) is 38.0 Å². The molecule has 0 bridgehead atoms. The van der Waals surface area contributed by atoms with Crippen LogP contribution in [0.15, 0.2) is 35.9 Å². The minimum Gasteiger partial charge on any atom is -0.446 e. The van der Waals surface area contributed by atoms with Crippen molar-refractivity contribution >= 4 is 11.8 Å². The number of hydrogen-bond donors (Lipinski definition) is 0. The van der Waals surface area contributed by atoms with Gasteiger partial charge in [0.15, 0.2) is 0 Å². The van der Waals surface area contributed by atoms with Gasteiger partial charge in [0.05, 0.1) is 23.9 Å². The van der Waals surface area contributed by atoms with Crippen LogP contribution in [0.1, 0.15) is 46.5 Å². The Balaban J connectivity index is 1.15. The van der Waals surface area contributed by atoms with Gasteiger partial charge in [-0.2, -0.15) is 0 Å². The number of nitrogens with zero attached hydrogens (tertiary/aromatic N) is 2. The van der Waals surface area contributed by atoms with Crippen molar-refractivity contribution in [1.29, 1.82) is 0 Å². The molecule has 1 amide bonds. The van der Waals surface area contributed by atoms with Crippen LogP contribution in [0.2, 0.25) is 0 Å². The molecule has 3 heterocycles. The SMILES string of the molecule is CC(C)=CC[C@H]1O[C@]1(C)[C@H]1C[C@H](OC(=O)N2CCN(c3ccc(F)cc3)CC2)CC[C@]12CO2. The number of amides is 1. The molecule has 3 aliphatic heterocycles. The maximum atomic E-state index is 13.2. The van der Waals surface area contributed by atoms with Crippen LogP contribution in [0.3, 0.4) is 0 Å². The van der Waals surface area contributed by atoms with Gasteiger partial charge in [0.25, 0.3) is 0 Å². The number of carbonyl (C=O) groups is 1. The molecular weight excluding hydrogens is 423 g/mol. The molecule has 0 aromatic heterocycles.